The van der Waals surface area contributed by atoms with Crippen LogP contribution in [0.5, 0.6) is 5.75 Å². The number of nitrogens with zero attached hydrogens (tertiary/aromatic N) is 1. The van der Waals surface area contributed by atoms with Crippen molar-refractivity contribution in [2.45, 2.75) is 39.8 Å². The van der Waals surface area contributed by atoms with Gasteiger partial charge in [-0.15, -0.1) is 0 Å². The average molecular weight is 375 g/mol. The molecule has 0 aliphatic carbocycles. The highest BCUT2D eigenvalue weighted by Crippen LogP contribution is 2.20. The molecule has 0 aliphatic rings. The van der Waals surface area contributed by atoms with Crippen molar-refractivity contribution < 1.29 is 9.53 Å². The van der Waals surface area contributed by atoms with Gasteiger partial charge in [0.05, 0.1) is 0 Å². The highest BCUT2D eigenvalue weighted by Gasteiger charge is 2.18. The fourth-order valence-corrected chi connectivity index (χ4v) is 2.83. The molecule has 26 heavy (non-hydrogen) atoms. The molecule has 0 heterocycles. The van der Waals surface area contributed by atoms with Crippen molar-refractivity contribution in [2.75, 3.05) is 18.4 Å². The molecule has 0 unspecified atom stereocenters. The van der Waals surface area contributed by atoms with E-state index in [1.54, 1.807) is 24.3 Å². The molecule has 2 rings (SSSR count). The topological polar surface area (TPSA) is 41.6 Å². The van der Waals surface area contributed by atoms with Gasteiger partial charge in [0.1, 0.15) is 5.75 Å². The molecule has 0 aromatic heterocycles. The first kappa shape index (κ1) is 20.3. The first-order chi connectivity index (χ1) is 12.5. The number of benzene rings is 2. The third-order valence-electron chi connectivity index (χ3n) is 4.26. The van der Waals surface area contributed by atoms with Crippen LogP contribution in [0.25, 0.3) is 0 Å². The lowest BCUT2D eigenvalue weighted by atomic mass is 10.2. The molecule has 5 heteroatoms. The molecule has 4 nitrogen and oxygen atoms in total. The second-order valence-corrected chi connectivity index (χ2v) is 6.56. The summed E-state index contributed by atoms with van der Waals surface area (Å²) >= 11 is 5.97. The van der Waals surface area contributed by atoms with Crippen LogP contribution in [0.4, 0.5) is 5.69 Å². The van der Waals surface area contributed by atoms with Crippen LogP contribution in [0.1, 0.15) is 32.8 Å². The molecular weight excluding hydrogens is 348 g/mol. The van der Waals surface area contributed by atoms with Crippen LogP contribution in [0.3, 0.4) is 0 Å². The van der Waals surface area contributed by atoms with Gasteiger partial charge < -0.3 is 10.1 Å². The summed E-state index contributed by atoms with van der Waals surface area (Å²) < 4.78 is 5.78. The van der Waals surface area contributed by atoms with E-state index in [0.29, 0.717) is 17.2 Å². The number of hydrogen-bond donors (Lipinski definition) is 1. The molecule has 1 amide bonds. The van der Waals surface area contributed by atoms with Gasteiger partial charge in [0.25, 0.3) is 5.91 Å². The predicted octanol–water partition coefficient (Wildman–Crippen LogP) is 4.98. The summed E-state index contributed by atoms with van der Waals surface area (Å²) in [5.41, 5.74) is 2.00. The third kappa shape index (κ3) is 6.04. The van der Waals surface area contributed by atoms with E-state index >= 15 is 0 Å². The summed E-state index contributed by atoms with van der Waals surface area (Å²) in [6.07, 6.45) is 0.00194. The Morgan fingerprint density at radius 3 is 2.38 bits per heavy atom. The maximum Gasteiger partial charge on any atom is 0.265 e. The number of carbonyl (C=O) groups excluding carboxylic acids is 1. The van der Waals surface area contributed by atoms with Gasteiger partial charge in [0.15, 0.2) is 6.10 Å². The quantitative estimate of drug-likeness (QED) is 0.673. The highest BCUT2D eigenvalue weighted by molar-refractivity contribution is 6.30. The molecule has 1 N–H and O–H groups in total. The molecule has 0 bridgehead atoms. The van der Waals surface area contributed by atoms with Crippen molar-refractivity contribution in [3.8, 4) is 5.75 Å². The number of halogens is 1. The Hall–Kier alpha value is -2.04. The Kier molecular flexibility index (Phi) is 7.95. The molecule has 0 fully saturated rings. The molecular formula is C21H27ClN2O2. The molecule has 2 aromatic rings. The van der Waals surface area contributed by atoms with E-state index in [1.807, 2.05) is 31.2 Å². The zero-order valence-electron chi connectivity index (χ0n) is 15.7. The van der Waals surface area contributed by atoms with Gasteiger partial charge in [-0.3, -0.25) is 9.69 Å². The molecule has 0 radical (unpaired) electrons. The second kappa shape index (κ2) is 10.2. The Bertz CT molecular complexity index is 699. The predicted molar refractivity (Wildman–Crippen MR) is 108 cm³/mol. The van der Waals surface area contributed by atoms with Crippen molar-refractivity contribution in [3.05, 3.63) is 59.1 Å². The van der Waals surface area contributed by atoms with Gasteiger partial charge in [-0.05, 0) is 55.4 Å². The molecule has 2 aromatic carbocycles. The van der Waals surface area contributed by atoms with Crippen molar-refractivity contribution >= 4 is 23.2 Å². The summed E-state index contributed by atoms with van der Waals surface area (Å²) in [5, 5.41) is 3.51. The van der Waals surface area contributed by atoms with E-state index in [0.717, 1.165) is 25.3 Å². The number of anilines is 1. The van der Waals surface area contributed by atoms with Gasteiger partial charge in [-0.25, -0.2) is 0 Å². The lowest BCUT2D eigenvalue weighted by Crippen LogP contribution is -2.32. The first-order valence-electron chi connectivity index (χ1n) is 9.10. The molecule has 0 spiro atoms. The fraction of sp³-hybridized carbons (Fsp3) is 0.381. The Morgan fingerprint density at radius 2 is 1.81 bits per heavy atom. The summed E-state index contributed by atoms with van der Waals surface area (Å²) in [6.45, 7) is 9.19. The number of rotatable bonds is 9. The van der Waals surface area contributed by atoms with E-state index in [1.165, 1.54) is 5.56 Å². The summed E-state index contributed by atoms with van der Waals surface area (Å²) in [7, 11) is 0. The lowest BCUT2D eigenvalue weighted by molar-refractivity contribution is -0.122. The molecule has 1 atom stereocenters. The molecule has 0 saturated heterocycles. The van der Waals surface area contributed by atoms with Gasteiger partial charge in [0.2, 0.25) is 0 Å². The van der Waals surface area contributed by atoms with Gasteiger partial charge in [-0.1, -0.05) is 50.6 Å². The van der Waals surface area contributed by atoms with E-state index in [4.69, 9.17) is 16.3 Å². The maximum absolute atomic E-state index is 12.5. The van der Waals surface area contributed by atoms with Crippen molar-refractivity contribution in [2.24, 2.45) is 0 Å². The van der Waals surface area contributed by atoms with Crippen LogP contribution in [-0.4, -0.2) is 30.0 Å². The van der Waals surface area contributed by atoms with E-state index < -0.39 is 6.10 Å². The normalized spacial score (nSPS) is 12.0. The molecule has 140 valence electrons. The Morgan fingerprint density at radius 1 is 1.12 bits per heavy atom. The fourth-order valence-electron chi connectivity index (χ4n) is 2.65. The zero-order chi connectivity index (χ0) is 18.9. The van der Waals surface area contributed by atoms with Gasteiger partial charge in [-0.2, -0.15) is 0 Å². The lowest BCUT2D eigenvalue weighted by Gasteiger charge is -2.19. The largest absolute Gasteiger partial charge is 0.481 e. The van der Waals surface area contributed by atoms with Crippen molar-refractivity contribution in [1.82, 2.24) is 4.90 Å². The van der Waals surface area contributed by atoms with Crippen LogP contribution in [0.2, 0.25) is 5.02 Å². The average Bonchev–Trinajstić information content (AvgIpc) is 2.65. The Labute approximate surface area is 161 Å². The number of nitrogens with one attached hydrogen (secondary N) is 1. The molecule has 0 saturated carbocycles. The highest BCUT2D eigenvalue weighted by atomic mass is 35.5. The summed E-state index contributed by atoms with van der Waals surface area (Å²) in [5.74, 6) is 0.429. The summed E-state index contributed by atoms with van der Waals surface area (Å²) in [4.78, 5) is 14.9. The second-order valence-electron chi connectivity index (χ2n) is 6.12. The van der Waals surface area contributed by atoms with Crippen molar-refractivity contribution in [1.29, 1.82) is 0 Å². The number of amides is 1. The standard InChI is InChI=1S/C21H27ClN2O2/c1-4-20(26-19-9-7-8-17(22)14-19)21(25)23-18-12-10-16(11-13-18)15-24(5-2)6-3/h7-14,20H,4-6,15H2,1-3H3,(H,23,25)/t20-/m1/s1. The van der Waals surface area contributed by atoms with E-state index in [2.05, 4.69) is 24.1 Å². The minimum atomic E-state index is -0.566. The van der Waals surface area contributed by atoms with Gasteiger partial charge in [0, 0.05) is 17.3 Å². The Balaban J connectivity index is 1.96. The number of hydrogen-bond acceptors (Lipinski definition) is 3. The zero-order valence-corrected chi connectivity index (χ0v) is 16.4. The van der Waals surface area contributed by atoms with Crippen LogP contribution in [0.15, 0.2) is 48.5 Å². The van der Waals surface area contributed by atoms with E-state index in [-0.39, 0.29) is 5.91 Å². The van der Waals surface area contributed by atoms with Crippen LogP contribution < -0.4 is 10.1 Å². The maximum atomic E-state index is 12.5. The summed E-state index contributed by atoms with van der Waals surface area (Å²) in [6, 6.07) is 15.0. The molecule has 0 aliphatic heterocycles. The SMILES string of the molecule is CC[C@@H](Oc1cccc(Cl)c1)C(=O)Nc1ccc(CN(CC)CC)cc1. The minimum Gasteiger partial charge on any atom is -0.481 e. The minimum absolute atomic E-state index is 0.163. The van der Waals surface area contributed by atoms with Gasteiger partial charge >= 0.3 is 0 Å². The smallest absolute Gasteiger partial charge is 0.265 e. The van der Waals surface area contributed by atoms with E-state index in [9.17, 15) is 4.79 Å². The third-order valence-corrected chi connectivity index (χ3v) is 4.49. The monoisotopic (exact) mass is 374 g/mol. The number of ether oxygens (including phenoxy) is 1. The first-order valence-corrected chi connectivity index (χ1v) is 9.47. The van der Waals surface area contributed by atoms with Crippen LogP contribution in [-0.2, 0) is 11.3 Å². The van der Waals surface area contributed by atoms with Crippen LogP contribution in [0, 0.1) is 0 Å². The number of carbonyl (C=O) groups is 1. The van der Waals surface area contributed by atoms with Crippen LogP contribution >= 0.6 is 11.6 Å². The van der Waals surface area contributed by atoms with Crippen molar-refractivity contribution in [3.63, 3.8) is 0 Å².